The van der Waals surface area contributed by atoms with E-state index in [1.807, 2.05) is 60.7 Å². The molecule has 6 aromatic rings. The molecule has 2 aliphatic rings. The highest BCUT2D eigenvalue weighted by molar-refractivity contribution is 9.10. The van der Waals surface area contributed by atoms with Crippen LogP contribution in [0.5, 0.6) is 0 Å². The normalized spacial score (nSPS) is 14.6. The summed E-state index contributed by atoms with van der Waals surface area (Å²) in [6, 6.07) is 22.3. The molecule has 0 aliphatic carbocycles. The van der Waals surface area contributed by atoms with Gasteiger partial charge in [-0.2, -0.15) is 0 Å². The summed E-state index contributed by atoms with van der Waals surface area (Å²) in [6.45, 7) is 4.39. The Kier molecular flexibility index (Phi) is 8.42. The van der Waals surface area contributed by atoms with Crippen molar-refractivity contribution in [1.29, 1.82) is 0 Å². The van der Waals surface area contributed by atoms with Crippen LogP contribution in [0.3, 0.4) is 0 Å². The van der Waals surface area contributed by atoms with Crippen molar-refractivity contribution < 1.29 is 19.2 Å². The molecule has 7 heteroatoms. The predicted molar refractivity (Wildman–Crippen MR) is 205 cm³/mol. The van der Waals surface area contributed by atoms with Crippen LogP contribution in [0.15, 0.2) is 77.3 Å². The highest BCUT2D eigenvalue weighted by atomic mass is 79.9. The zero-order valence-electron chi connectivity index (χ0n) is 28.5. The molecular weight excluding hydrogens is 688 g/mol. The Balaban J connectivity index is 1.26. The molecule has 252 valence electrons. The number of benzene rings is 6. The third kappa shape index (κ3) is 4.96. The molecule has 0 unspecified atom stereocenters. The fraction of sp³-hybridized carbons (Fsp3) is 0.302. The molecule has 0 N–H and O–H groups in total. The lowest BCUT2D eigenvalue weighted by Gasteiger charge is -2.35. The summed E-state index contributed by atoms with van der Waals surface area (Å²) in [7, 11) is 0. The standard InChI is InChI=1S/C43H39BrN2O4/c1-3-5-7-9-11-26(12-10-8-6-4-2)45-40(47)32-21-17-28-30-19-23-34-39-35(43(50)46(42(34)49)27-15-13-25(44)14-16-27)24-20-31(37(30)39)29-18-22-33(41(45)48)38(32)36(28)29/h13-24,26H,3-12H2,1-2H3. The Labute approximate surface area is 299 Å². The van der Waals surface area contributed by atoms with E-state index < -0.39 is 0 Å². The number of carbonyl (C=O) groups excluding carboxylic acids is 4. The summed E-state index contributed by atoms with van der Waals surface area (Å²) >= 11 is 3.44. The second-order valence-corrected chi connectivity index (χ2v) is 14.8. The quantitative estimate of drug-likeness (QED) is 0.0544. The van der Waals surface area contributed by atoms with Gasteiger partial charge in [0.05, 0.1) is 5.69 Å². The molecule has 6 nitrogen and oxygen atoms in total. The number of imide groups is 2. The molecular formula is C43H39BrN2O4. The Hall–Kier alpha value is -4.62. The van der Waals surface area contributed by atoms with Crippen LogP contribution in [0.1, 0.15) is 119 Å². The summed E-state index contributed by atoms with van der Waals surface area (Å²) in [4.78, 5) is 59.6. The van der Waals surface area contributed by atoms with Gasteiger partial charge in [-0.3, -0.25) is 24.1 Å². The number of fused-ring (bicyclic) bond motifs is 2. The third-order valence-electron chi connectivity index (χ3n) is 10.9. The van der Waals surface area contributed by atoms with Crippen molar-refractivity contribution in [2.45, 2.75) is 84.1 Å². The summed E-state index contributed by atoms with van der Waals surface area (Å²) in [5, 5.41) is 6.66. The number of carbonyl (C=O) groups is 4. The van der Waals surface area contributed by atoms with Gasteiger partial charge in [-0.15, -0.1) is 0 Å². The van der Waals surface area contributed by atoms with Crippen LogP contribution in [-0.2, 0) is 0 Å². The van der Waals surface area contributed by atoms with E-state index in [1.54, 1.807) is 17.0 Å². The molecule has 0 aromatic heterocycles. The predicted octanol–water partition coefficient (Wildman–Crippen LogP) is 11.2. The van der Waals surface area contributed by atoms with Gasteiger partial charge in [0.25, 0.3) is 23.6 Å². The fourth-order valence-electron chi connectivity index (χ4n) is 8.46. The van der Waals surface area contributed by atoms with Crippen LogP contribution in [-0.4, -0.2) is 34.6 Å². The molecule has 2 heterocycles. The van der Waals surface area contributed by atoms with E-state index in [2.05, 4.69) is 29.8 Å². The lowest BCUT2D eigenvalue weighted by atomic mass is 9.82. The Morgan fingerprint density at radius 2 is 0.880 bits per heavy atom. The minimum absolute atomic E-state index is 0.122. The number of hydrogen-bond donors (Lipinski definition) is 0. The molecule has 8 rings (SSSR count). The summed E-state index contributed by atoms with van der Waals surface area (Å²) in [5.74, 6) is -1.13. The number of unbranched alkanes of at least 4 members (excludes halogenated alkanes) is 6. The van der Waals surface area contributed by atoms with E-state index in [1.165, 1.54) is 4.90 Å². The second-order valence-electron chi connectivity index (χ2n) is 13.9. The van der Waals surface area contributed by atoms with Gasteiger partial charge in [-0.25, -0.2) is 4.90 Å². The highest BCUT2D eigenvalue weighted by Gasteiger charge is 2.39. The Bertz CT molecular complexity index is 2230. The Morgan fingerprint density at radius 3 is 1.28 bits per heavy atom. The van der Waals surface area contributed by atoms with Gasteiger partial charge in [0.1, 0.15) is 0 Å². The summed E-state index contributed by atoms with van der Waals surface area (Å²) < 4.78 is 0.858. The van der Waals surface area contributed by atoms with Gasteiger partial charge < -0.3 is 0 Å². The Morgan fingerprint density at radius 1 is 0.480 bits per heavy atom. The minimum Gasteiger partial charge on any atom is -0.271 e. The van der Waals surface area contributed by atoms with Crippen LogP contribution in [0.4, 0.5) is 5.69 Å². The number of amides is 4. The first-order valence-corrected chi connectivity index (χ1v) is 18.9. The maximum absolute atomic E-state index is 14.4. The molecule has 50 heavy (non-hydrogen) atoms. The first-order valence-electron chi connectivity index (χ1n) is 18.1. The van der Waals surface area contributed by atoms with Crippen LogP contribution >= 0.6 is 15.9 Å². The largest absolute Gasteiger partial charge is 0.271 e. The molecule has 0 atom stereocenters. The molecule has 0 saturated heterocycles. The average Bonchev–Trinajstić information content (AvgIpc) is 3.13. The highest BCUT2D eigenvalue weighted by Crippen LogP contribution is 2.47. The van der Waals surface area contributed by atoms with E-state index in [0.717, 1.165) is 101 Å². The van der Waals surface area contributed by atoms with E-state index >= 15 is 0 Å². The zero-order chi connectivity index (χ0) is 34.7. The van der Waals surface area contributed by atoms with Crippen LogP contribution in [0.25, 0.3) is 43.1 Å². The van der Waals surface area contributed by atoms with Gasteiger partial charge in [-0.1, -0.05) is 105 Å². The maximum atomic E-state index is 14.4. The molecule has 0 spiro atoms. The monoisotopic (exact) mass is 726 g/mol. The lowest BCUT2D eigenvalue weighted by Crippen LogP contribution is -2.47. The molecule has 6 aromatic carbocycles. The van der Waals surface area contributed by atoms with Gasteiger partial charge in [0.15, 0.2) is 0 Å². The molecule has 0 bridgehead atoms. The first-order chi connectivity index (χ1) is 24.3. The van der Waals surface area contributed by atoms with Gasteiger partial charge in [0.2, 0.25) is 0 Å². The molecule has 0 saturated carbocycles. The SMILES string of the molecule is CCCCCCC(CCCCCC)N1C(=O)c2ccc3c4ccc5c6c(ccc(c7ccc(c2c37)C1=O)c64)C(=O)N(c1ccc(Br)cc1)C5=O. The number of nitrogens with zero attached hydrogens (tertiary/aromatic N) is 2. The fourth-order valence-corrected chi connectivity index (χ4v) is 8.72. The topological polar surface area (TPSA) is 74.8 Å². The molecule has 0 fully saturated rings. The average molecular weight is 728 g/mol. The van der Waals surface area contributed by atoms with Crippen molar-refractivity contribution >= 4 is 88.3 Å². The number of anilines is 1. The van der Waals surface area contributed by atoms with Crippen molar-refractivity contribution in [3.63, 3.8) is 0 Å². The summed E-state index contributed by atoms with van der Waals surface area (Å²) in [6.07, 6.45) is 10.4. The molecule has 2 aliphatic heterocycles. The molecule has 4 amide bonds. The number of rotatable bonds is 12. The van der Waals surface area contributed by atoms with Gasteiger partial charge in [0, 0.05) is 43.5 Å². The maximum Gasteiger partial charge on any atom is 0.265 e. The summed E-state index contributed by atoms with van der Waals surface area (Å²) in [5.41, 5.74) is 2.59. The number of hydrogen-bond acceptors (Lipinski definition) is 4. The van der Waals surface area contributed by atoms with Gasteiger partial charge in [-0.05, 0) is 93.7 Å². The van der Waals surface area contributed by atoms with Crippen molar-refractivity contribution in [3.8, 4) is 0 Å². The van der Waals surface area contributed by atoms with Crippen LogP contribution < -0.4 is 4.90 Å². The van der Waals surface area contributed by atoms with E-state index in [9.17, 15) is 19.2 Å². The zero-order valence-corrected chi connectivity index (χ0v) is 30.1. The third-order valence-corrected chi connectivity index (χ3v) is 11.4. The molecule has 0 radical (unpaired) electrons. The second kappa shape index (κ2) is 12.9. The van der Waals surface area contributed by atoms with E-state index in [0.29, 0.717) is 38.7 Å². The minimum atomic E-state index is -0.361. The first kappa shape index (κ1) is 32.6. The van der Waals surface area contributed by atoms with Crippen LogP contribution in [0.2, 0.25) is 0 Å². The smallest absolute Gasteiger partial charge is 0.265 e. The van der Waals surface area contributed by atoms with E-state index in [4.69, 9.17) is 0 Å². The lowest BCUT2D eigenvalue weighted by molar-refractivity contribution is 0.0516. The van der Waals surface area contributed by atoms with E-state index in [-0.39, 0.29) is 29.7 Å². The van der Waals surface area contributed by atoms with Crippen molar-refractivity contribution in [3.05, 3.63) is 99.5 Å². The van der Waals surface area contributed by atoms with Gasteiger partial charge >= 0.3 is 0 Å². The van der Waals surface area contributed by atoms with Crippen molar-refractivity contribution in [2.75, 3.05) is 4.90 Å². The van der Waals surface area contributed by atoms with Crippen molar-refractivity contribution in [1.82, 2.24) is 4.90 Å². The van der Waals surface area contributed by atoms with Crippen LogP contribution in [0, 0.1) is 0 Å². The van der Waals surface area contributed by atoms with Crippen molar-refractivity contribution in [2.24, 2.45) is 0 Å². The number of halogens is 1.